The third-order valence-electron chi connectivity index (χ3n) is 5.92. The van der Waals surface area contributed by atoms with Gasteiger partial charge in [0.2, 0.25) is 11.6 Å². The summed E-state index contributed by atoms with van der Waals surface area (Å²) in [6.07, 6.45) is 1.62. The number of nitrogens with zero attached hydrogens (tertiary/aromatic N) is 4. The van der Waals surface area contributed by atoms with Crippen molar-refractivity contribution >= 4 is 61.3 Å². The molecule has 2 aromatic heterocycles. The summed E-state index contributed by atoms with van der Waals surface area (Å²) < 4.78 is 13.9. The molecule has 0 fully saturated rings. The first-order valence-corrected chi connectivity index (χ1v) is 12.8. The van der Waals surface area contributed by atoms with E-state index in [4.69, 9.17) is 20.8 Å². The first-order chi connectivity index (χ1) is 18.2. The maximum Gasteiger partial charge on any atom is 0.313 e. The molecule has 0 radical (unpaired) electrons. The van der Waals surface area contributed by atoms with Crippen molar-refractivity contribution < 1.29 is 14.1 Å². The smallest absolute Gasteiger partial charge is 0.313 e. The summed E-state index contributed by atoms with van der Waals surface area (Å²) in [4.78, 5) is 29.4. The molecule has 2 heterocycles. The molecule has 1 atom stereocenters. The summed E-state index contributed by atoms with van der Waals surface area (Å²) in [7, 11) is 0. The van der Waals surface area contributed by atoms with E-state index >= 15 is 0 Å². The van der Waals surface area contributed by atoms with Crippen LogP contribution in [0.3, 0.4) is 0 Å². The highest BCUT2D eigenvalue weighted by Gasteiger charge is 2.23. The van der Waals surface area contributed by atoms with Crippen LogP contribution in [0.4, 0.5) is 5.69 Å². The van der Waals surface area contributed by atoms with Gasteiger partial charge in [-0.2, -0.15) is 9.78 Å². The van der Waals surface area contributed by atoms with Crippen LogP contribution in [-0.2, 0) is 0 Å². The van der Waals surface area contributed by atoms with Gasteiger partial charge in [0.15, 0.2) is 5.76 Å². The van der Waals surface area contributed by atoms with Crippen molar-refractivity contribution in [1.82, 2.24) is 9.66 Å². The summed E-state index contributed by atoms with van der Waals surface area (Å²) in [6, 6.07) is 16.9. The Balaban J connectivity index is 1.73. The molecule has 9 nitrogen and oxygen atoms in total. The molecule has 11 heteroatoms. The zero-order chi connectivity index (χ0) is 27.0. The first kappa shape index (κ1) is 25.6. The minimum absolute atomic E-state index is 0.00874. The van der Waals surface area contributed by atoms with Gasteiger partial charge in [0.25, 0.3) is 5.56 Å². The van der Waals surface area contributed by atoms with E-state index in [1.807, 2.05) is 19.1 Å². The van der Waals surface area contributed by atoms with Gasteiger partial charge < -0.3 is 9.15 Å². The number of nitro groups is 1. The zero-order valence-corrected chi connectivity index (χ0v) is 22.6. The molecule has 0 saturated carbocycles. The van der Waals surface area contributed by atoms with Gasteiger partial charge in [0.1, 0.15) is 5.58 Å². The highest BCUT2D eigenvalue weighted by atomic mass is 79.9. The molecular weight excluding hydrogens is 576 g/mol. The van der Waals surface area contributed by atoms with Crippen LogP contribution in [0.25, 0.3) is 33.5 Å². The number of rotatable bonds is 7. The number of aromatic nitrogens is 2. The average molecular weight is 596 g/mol. The SMILES string of the molecule is CC[C@@H](C)Oc1c(C=Nn2c(-c3cc4cc(Br)ccc4o3)nc3ccccc3c2=O)cc(Cl)cc1[N+](=O)[O-]. The second kappa shape index (κ2) is 10.4. The second-order valence-electron chi connectivity index (χ2n) is 8.54. The minimum atomic E-state index is -0.567. The number of halogens is 2. The van der Waals surface area contributed by atoms with Crippen LogP contribution in [0.5, 0.6) is 5.75 Å². The quantitative estimate of drug-likeness (QED) is 0.112. The molecule has 3 aromatic carbocycles. The topological polar surface area (TPSA) is 113 Å². The van der Waals surface area contributed by atoms with Gasteiger partial charge in [-0.3, -0.25) is 14.9 Å². The maximum absolute atomic E-state index is 13.6. The summed E-state index contributed by atoms with van der Waals surface area (Å²) in [6.45, 7) is 3.70. The van der Waals surface area contributed by atoms with Gasteiger partial charge in [-0.15, -0.1) is 0 Å². The number of ether oxygens (including phenoxy) is 1. The Morgan fingerprint density at radius 2 is 2.03 bits per heavy atom. The molecule has 0 aliphatic rings. The van der Waals surface area contributed by atoms with E-state index in [1.165, 1.54) is 18.3 Å². The monoisotopic (exact) mass is 594 g/mol. The molecule has 5 rings (SSSR count). The number of fused-ring (bicyclic) bond motifs is 2. The van der Waals surface area contributed by atoms with E-state index in [0.29, 0.717) is 28.7 Å². The minimum Gasteiger partial charge on any atom is -0.483 e. The largest absolute Gasteiger partial charge is 0.483 e. The van der Waals surface area contributed by atoms with Gasteiger partial charge in [-0.05, 0) is 55.8 Å². The van der Waals surface area contributed by atoms with Crippen LogP contribution in [0.15, 0.2) is 79.4 Å². The lowest BCUT2D eigenvalue weighted by Gasteiger charge is -2.15. The molecule has 0 N–H and O–H groups in total. The molecule has 0 amide bonds. The van der Waals surface area contributed by atoms with Gasteiger partial charge in [0, 0.05) is 26.5 Å². The van der Waals surface area contributed by atoms with E-state index in [2.05, 4.69) is 26.0 Å². The molecular formula is C27H20BrClN4O5. The predicted octanol–water partition coefficient (Wildman–Crippen LogP) is 7.19. The first-order valence-electron chi connectivity index (χ1n) is 11.7. The van der Waals surface area contributed by atoms with Crippen LogP contribution in [0.1, 0.15) is 25.8 Å². The van der Waals surface area contributed by atoms with Crippen LogP contribution < -0.4 is 10.3 Å². The number of hydrogen-bond donors (Lipinski definition) is 0. The molecule has 0 spiro atoms. The summed E-state index contributed by atoms with van der Waals surface area (Å²) in [5, 5.41) is 17.5. The standard InChI is InChI=1S/C27H20BrClN4O5/c1-3-15(2)37-25-17(11-19(29)13-22(25)33(35)36)14-30-32-26(31-21-7-5-4-6-20(21)27(32)34)24-12-16-10-18(28)8-9-23(16)38-24/h4-15H,3H2,1-2H3/t15-/m1/s1. The van der Waals surface area contributed by atoms with Gasteiger partial charge in [-0.25, -0.2) is 4.98 Å². The van der Waals surface area contributed by atoms with Crippen molar-refractivity contribution in [3.8, 4) is 17.3 Å². The molecule has 0 unspecified atom stereocenters. The number of furan rings is 1. The number of nitro benzene ring substituents is 1. The van der Waals surface area contributed by atoms with E-state index in [-0.39, 0.29) is 34.0 Å². The molecule has 192 valence electrons. The van der Waals surface area contributed by atoms with Gasteiger partial charge >= 0.3 is 5.69 Å². The van der Waals surface area contributed by atoms with Gasteiger partial charge in [-0.1, -0.05) is 46.6 Å². The Labute approximate surface area is 229 Å². The zero-order valence-electron chi connectivity index (χ0n) is 20.2. The third-order valence-corrected chi connectivity index (χ3v) is 6.63. The van der Waals surface area contributed by atoms with Crippen molar-refractivity contribution in [1.29, 1.82) is 0 Å². The Morgan fingerprint density at radius 3 is 2.79 bits per heavy atom. The average Bonchev–Trinajstić information content (AvgIpc) is 3.32. The molecule has 0 aliphatic carbocycles. The van der Waals surface area contributed by atoms with E-state index in [9.17, 15) is 14.9 Å². The summed E-state index contributed by atoms with van der Waals surface area (Å²) in [5.41, 5.74) is 0.579. The lowest BCUT2D eigenvalue weighted by molar-refractivity contribution is -0.386. The van der Waals surface area contributed by atoms with Crippen molar-refractivity contribution in [2.75, 3.05) is 0 Å². The summed E-state index contributed by atoms with van der Waals surface area (Å²) in [5.74, 6) is 0.499. The highest BCUT2D eigenvalue weighted by Crippen LogP contribution is 2.35. The molecule has 0 bridgehead atoms. The van der Waals surface area contributed by atoms with Crippen LogP contribution in [0.2, 0.25) is 5.02 Å². The van der Waals surface area contributed by atoms with E-state index in [0.717, 1.165) is 14.5 Å². The van der Waals surface area contributed by atoms with Crippen molar-refractivity contribution in [2.45, 2.75) is 26.4 Å². The second-order valence-corrected chi connectivity index (χ2v) is 9.90. The Kier molecular flexibility index (Phi) is 7.00. The Morgan fingerprint density at radius 1 is 1.24 bits per heavy atom. The third kappa shape index (κ3) is 4.92. The lowest BCUT2D eigenvalue weighted by Crippen LogP contribution is -2.20. The Bertz CT molecular complexity index is 1800. The lowest BCUT2D eigenvalue weighted by atomic mass is 10.1. The van der Waals surface area contributed by atoms with Crippen molar-refractivity contribution in [2.24, 2.45) is 5.10 Å². The maximum atomic E-state index is 13.6. The summed E-state index contributed by atoms with van der Waals surface area (Å²) >= 11 is 9.64. The fourth-order valence-electron chi connectivity index (χ4n) is 3.88. The fraction of sp³-hybridized carbons (Fsp3) is 0.148. The molecule has 38 heavy (non-hydrogen) atoms. The normalized spacial score (nSPS) is 12.4. The van der Waals surface area contributed by atoms with Crippen molar-refractivity contribution in [3.05, 3.63) is 96.2 Å². The highest BCUT2D eigenvalue weighted by molar-refractivity contribution is 9.10. The molecule has 5 aromatic rings. The predicted molar refractivity (Wildman–Crippen MR) is 150 cm³/mol. The van der Waals surface area contributed by atoms with E-state index < -0.39 is 10.5 Å². The van der Waals surface area contributed by atoms with Gasteiger partial charge in [0.05, 0.1) is 28.1 Å². The van der Waals surface area contributed by atoms with Crippen LogP contribution in [0, 0.1) is 10.1 Å². The van der Waals surface area contributed by atoms with Crippen LogP contribution in [-0.4, -0.2) is 26.9 Å². The number of benzene rings is 3. The van der Waals surface area contributed by atoms with E-state index in [1.54, 1.807) is 43.3 Å². The fourth-order valence-corrected chi connectivity index (χ4v) is 4.48. The number of hydrogen-bond acceptors (Lipinski definition) is 7. The van der Waals surface area contributed by atoms with Crippen LogP contribution >= 0.6 is 27.5 Å². The molecule has 0 aliphatic heterocycles. The molecule has 0 saturated heterocycles. The Hall–Kier alpha value is -4.02. The number of para-hydroxylation sites is 1. The van der Waals surface area contributed by atoms with Crippen molar-refractivity contribution in [3.63, 3.8) is 0 Å².